The molecule has 2 rings (SSSR count). The molecule has 0 aromatic carbocycles. The zero-order valence-electron chi connectivity index (χ0n) is 14.6. The molecule has 0 aromatic heterocycles. The summed E-state index contributed by atoms with van der Waals surface area (Å²) in [7, 11) is 0. The third-order valence-corrected chi connectivity index (χ3v) is 5.81. The summed E-state index contributed by atoms with van der Waals surface area (Å²) in [5.74, 6) is 2.59. The lowest BCUT2D eigenvalue weighted by Crippen LogP contribution is -2.50. The summed E-state index contributed by atoms with van der Waals surface area (Å²) in [5.41, 5.74) is 0. The fraction of sp³-hybridized carbons (Fsp3) is 1.00. The molecule has 124 valence electrons. The van der Waals surface area contributed by atoms with E-state index in [-0.39, 0.29) is 0 Å². The molecule has 0 amide bonds. The van der Waals surface area contributed by atoms with Gasteiger partial charge in [0.2, 0.25) is 0 Å². The molecule has 0 heterocycles. The Balaban J connectivity index is 1.92. The van der Waals surface area contributed by atoms with Crippen LogP contribution < -0.4 is 5.32 Å². The number of nitrogens with one attached hydrogen (secondary N) is 1. The predicted molar refractivity (Wildman–Crippen MR) is 90.6 cm³/mol. The van der Waals surface area contributed by atoms with Crippen molar-refractivity contribution >= 4 is 0 Å². The zero-order valence-corrected chi connectivity index (χ0v) is 14.6. The quantitative estimate of drug-likeness (QED) is 0.730. The minimum absolute atomic E-state index is 0.527. The molecule has 1 N–H and O–H groups in total. The van der Waals surface area contributed by atoms with Gasteiger partial charge in [0.1, 0.15) is 0 Å². The van der Waals surface area contributed by atoms with E-state index in [2.05, 4.69) is 26.1 Å². The molecule has 0 radical (unpaired) electrons. The van der Waals surface area contributed by atoms with Gasteiger partial charge in [0, 0.05) is 18.7 Å². The van der Waals surface area contributed by atoms with Crippen molar-refractivity contribution in [2.45, 2.75) is 90.6 Å². The van der Waals surface area contributed by atoms with Gasteiger partial charge in [0.15, 0.2) is 0 Å². The van der Waals surface area contributed by atoms with Gasteiger partial charge in [-0.05, 0) is 37.5 Å². The van der Waals surface area contributed by atoms with Gasteiger partial charge < -0.3 is 10.1 Å². The van der Waals surface area contributed by atoms with Crippen molar-refractivity contribution in [3.05, 3.63) is 0 Å². The maximum atomic E-state index is 5.72. The van der Waals surface area contributed by atoms with Crippen LogP contribution >= 0.6 is 0 Å². The first-order valence-electron chi connectivity index (χ1n) is 9.56. The average Bonchev–Trinajstić information content (AvgIpc) is 2.52. The summed E-state index contributed by atoms with van der Waals surface area (Å²) >= 11 is 0. The maximum absolute atomic E-state index is 5.72. The van der Waals surface area contributed by atoms with Gasteiger partial charge in [-0.3, -0.25) is 0 Å². The zero-order chi connectivity index (χ0) is 15.1. The van der Waals surface area contributed by atoms with E-state index >= 15 is 0 Å². The Morgan fingerprint density at radius 3 is 2.29 bits per heavy atom. The number of rotatable bonds is 7. The van der Waals surface area contributed by atoms with Gasteiger partial charge in [0.25, 0.3) is 0 Å². The van der Waals surface area contributed by atoms with Crippen molar-refractivity contribution in [2.75, 3.05) is 13.2 Å². The number of hydrogen-bond donors (Lipinski definition) is 1. The molecule has 0 spiro atoms. The SMILES string of the molecule is CCOCC(NC1CCCCC1C1CCCCC1)C(C)C. The summed E-state index contributed by atoms with van der Waals surface area (Å²) in [4.78, 5) is 0. The van der Waals surface area contributed by atoms with Crippen LogP contribution in [0.1, 0.15) is 78.6 Å². The van der Waals surface area contributed by atoms with Crippen LogP contribution in [0.5, 0.6) is 0 Å². The van der Waals surface area contributed by atoms with Gasteiger partial charge in [-0.2, -0.15) is 0 Å². The minimum atomic E-state index is 0.527. The topological polar surface area (TPSA) is 21.3 Å². The van der Waals surface area contributed by atoms with Crippen LogP contribution in [-0.4, -0.2) is 25.3 Å². The van der Waals surface area contributed by atoms with Crippen molar-refractivity contribution in [2.24, 2.45) is 17.8 Å². The van der Waals surface area contributed by atoms with Gasteiger partial charge >= 0.3 is 0 Å². The highest BCUT2D eigenvalue weighted by molar-refractivity contribution is 4.89. The summed E-state index contributed by atoms with van der Waals surface area (Å²) < 4.78 is 5.72. The van der Waals surface area contributed by atoms with E-state index in [0.717, 1.165) is 31.1 Å². The Morgan fingerprint density at radius 2 is 1.62 bits per heavy atom. The Hall–Kier alpha value is -0.0800. The highest BCUT2D eigenvalue weighted by Crippen LogP contribution is 2.38. The lowest BCUT2D eigenvalue weighted by molar-refractivity contribution is 0.0803. The van der Waals surface area contributed by atoms with Crippen molar-refractivity contribution in [1.82, 2.24) is 5.32 Å². The first-order valence-corrected chi connectivity index (χ1v) is 9.56. The van der Waals surface area contributed by atoms with E-state index in [4.69, 9.17) is 4.74 Å². The molecule has 0 bridgehead atoms. The molecule has 0 aromatic rings. The molecule has 0 aliphatic heterocycles. The molecular formula is C19H37NO. The van der Waals surface area contributed by atoms with Crippen LogP contribution in [0.4, 0.5) is 0 Å². The molecule has 2 aliphatic carbocycles. The summed E-state index contributed by atoms with van der Waals surface area (Å²) in [6, 6.07) is 1.27. The van der Waals surface area contributed by atoms with Crippen molar-refractivity contribution in [1.29, 1.82) is 0 Å². The monoisotopic (exact) mass is 295 g/mol. The highest BCUT2D eigenvalue weighted by atomic mass is 16.5. The number of ether oxygens (including phenoxy) is 1. The second-order valence-electron chi connectivity index (χ2n) is 7.63. The third-order valence-electron chi connectivity index (χ3n) is 5.81. The molecular weight excluding hydrogens is 258 g/mol. The van der Waals surface area contributed by atoms with Crippen LogP contribution in [0.2, 0.25) is 0 Å². The van der Waals surface area contributed by atoms with Crippen LogP contribution in [0.25, 0.3) is 0 Å². The van der Waals surface area contributed by atoms with E-state index in [0.29, 0.717) is 12.0 Å². The van der Waals surface area contributed by atoms with E-state index in [9.17, 15) is 0 Å². The molecule has 0 saturated heterocycles. The van der Waals surface area contributed by atoms with Crippen LogP contribution in [0, 0.1) is 17.8 Å². The maximum Gasteiger partial charge on any atom is 0.0622 e. The standard InChI is InChI=1S/C19H37NO/c1-4-21-14-19(15(2)3)20-18-13-9-8-12-17(18)16-10-6-5-7-11-16/h15-20H,4-14H2,1-3H3. The molecule has 2 nitrogen and oxygen atoms in total. The molecule has 21 heavy (non-hydrogen) atoms. The van der Waals surface area contributed by atoms with Gasteiger partial charge in [0.05, 0.1) is 6.61 Å². The smallest absolute Gasteiger partial charge is 0.0622 e. The van der Waals surface area contributed by atoms with Crippen LogP contribution in [0.3, 0.4) is 0 Å². The normalized spacial score (nSPS) is 29.7. The lowest BCUT2D eigenvalue weighted by Gasteiger charge is -2.41. The van der Waals surface area contributed by atoms with Gasteiger partial charge in [-0.15, -0.1) is 0 Å². The molecule has 2 aliphatic rings. The van der Waals surface area contributed by atoms with Gasteiger partial charge in [-0.1, -0.05) is 58.8 Å². The van der Waals surface area contributed by atoms with E-state index in [1.807, 2.05) is 0 Å². The largest absolute Gasteiger partial charge is 0.380 e. The first-order chi connectivity index (χ1) is 10.2. The summed E-state index contributed by atoms with van der Waals surface area (Å²) in [6.45, 7) is 8.47. The Kier molecular flexibility index (Phi) is 7.53. The van der Waals surface area contributed by atoms with Crippen molar-refractivity contribution in [3.63, 3.8) is 0 Å². The molecule has 3 atom stereocenters. The van der Waals surface area contributed by atoms with Crippen molar-refractivity contribution < 1.29 is 4.74 Å². The first kappa shape index (κ1) is 17.3. The lowest BCUT2D eigenvalue weighted by atomic mass is 9.70. The summed E-state index contributed by atoms with van der Waals surface area (Å²) in [5, 5.41) is 4.01. The van der Waals surface area contributed by atoms with Crippen molar-refractivity contribution in [3.8, 4) is 0 Å². The molecule has 2 fully saturated rings. The second kappa shape index (κ2) is 9.15. The average molecular weight is 296 g/mol. The fourth-order valence-electron chi connectivity index (χ4n) is 4.45. The molecule has 2 heteroatoms. The Labute approximate surface area is 132 Å². The number of hydrogen-bond acceptors (Lipinski definition) is 2. The molecule has 2 saturated carbocycles. The van der Waals surface area contributed by atoms with E-state index in [1.165, 1.54) is 57.8 Å². The molecule has 3 unspecified atom stereocenters. The Bertz CT molecular complexity index is 273. The summed E-state index contributed by atoms with van der Waals surface area (Å²) in [6.07, 6.45) is 13.1. The van der Waals surface area contributed by atoms with E-state index < -0.39 is 0 Å². The van der Waals surface area contributed by atoms with Crippen LogP contribution in [-0.2, 0) is 4.74 Å². The van der Waals surface area contributed by atoms with Crippen LogP contribution in [0.15, 0.2) is 0 Å². The second-order valence-corrected chi connectivity index (χ2v) is 7.63. The third kappa shape index (κ3) is 5.25. The Morgan fingerprint density at radius 1 is 0.952 bits per heavy atom. The highest BCUT2D eigenvalue weighted by Gasteiger charge is 2.33. The van der Waals surface area contributed by atoms with Gasteiger partial charge in [-0.25, -0.2) is 0 Å². The minimum Gasteiger partial charge on any atom is -0.380 e. The predicted octanol–water partition coefficient (Wildman–Crippen LogP) is 4.78. The van der Waals surface area contributed by atoms with E-state index in [1.54, 1.807) is 0 Å². The fourth-order valence-corrected chi connectivity index (χ4v) is 4.45.